The SMILES string of the molecule is O=C1CCC(N2Cc3cc(C(=O)NCC4CCN(c5ccc(-c6nccc7ccccc67)cn5)CC4)ccc3C2=O)C(=O)N1. The summed E-state index contributed by atoms with van der Waals surface area (Å²) < 4.78 is 0. The van der Waals surface area contributed by atoms with Gasteiger partial charge in [-0.1, -0.05) is 24.3 Å². The molecule has 0 radical (unpaired) electrons. The van der Waals surface area contributed by atoms with E-state index in [0.717, 1.165) is 59.3 Å². The van der Waals surface area contributed by atoms with Gasteiger partial charge in [0.15, 0.2) is 0 Å². The monoisotopic (exact) mass is 588 g/mol. The number of nitrogens with one attached hydrogen (secondary N) is 2. The normalized spacial score (nSPS) is 18.8. The molecule has 7 rings (SSSR count). The van der Waals surface area contributed by atoms with Crippen LogP contribution in [0, 0.1) is 5.92 Å². The molecule has 2 saturated heterocycles. The minimum absolute atomic E-state index is 0.179. The van der Waals surface area contributed by atoms with Gasteiger partial charge < -0.3 is 15.1 Å². The highest BCUT2D eigenvalue weighted by Gasteiger charge is 2.39. The zero-order chi connectivity index (χ0) is 30.2. The molecule has 2 fully saturated rings. The van der Waals surface area contributed by atoms with Crippen molar-refractivity contribution < 1.29 is 19.2 Å². The van der Waals surface area contributed by atoms with E-state index in [-0.39, 0.29) is 30.7 Å². The van der Waals surface area contributed by atoms with Crippen molar-refractivity contribution in [2.45, 2.75) is 38.3 Å². The van der Waals surface area contributed by atoms with Crippen LogP contribution in [0.3, 0.4) is 0 Å². The number of anilines is 1. The van der Waals surface area contributed by atoms with Crippen molar-refractivity contribution in [1.82, 2.24) is 25.5 Å². The van der Waals surface area contributed by atoms with Gasteiger partial charge in [-0.05, 0) is 72.5 Å². The Balaban J connectivity index is 0.922. The molecule has 0 spiro atoms. The number of carbonyl (C=O) groups excluding carboxylic acids is 4. The molecule has 4 aromatic rings. The van der Waals surface area contributed by atoms with E-state index in [0.29, 0.717) is 30.0 Å². The summed E-state index contributed by atoms with van der Waals surface area (Å²) in [6.07, 6.45) is 6.11. The molecule has 1 unspecified atom stereocenters. The third-order valence-corrected chi connectivity index (χ3v) is 8.97. The number of pyridine rings is 2. The highest BCUT2D eigenvalue weighted by Crippen LogP contribution is 2.30. The summed E-state index contributed by atoms with van der Waals surface area (Å²) in [5, 5.41) is 7.64. The average Bonchev–Trinajstić information content (AvgIpc) is 3.38. The van der Waals surface area contributed by atoms with E-state index in [1.807, 2.05) is 30.6 Å². The Bertz CT molecular complexity index is 1780. The summed E-state index contributed by atoms with van der Waals surface area (Å²) >= 11 is 0. The van der Waals surface area contributed by atoms with E-state index in [1.165, 1.54) is 4.90 Å². The number of hydrogen-bond acceptors (Lipinski definition) is 7. The van der Waals surface area contributed by atoms with E-state index in [4.69, 9.17) is 4.98 Å². The topological polar surface area (TPSA) is 125 Å². The van der Waals surface area contributed by atoms with Gasteiger partial charge in [-0.2, -0.15) is 0 Å². The van der Waals surface area contributed by atoms with Crippen molar-refractivity contribution in [3.05, 3.63) is 89.7 Å². The van der Waals surface area contributed by atoms with Crippen LogP contribution in [-0.2, 0) is 16.1 Å². The molecule has 10 heteroatoms. The fourth-order valence-electron chi connectivity index (χ4n) is 6.48. The molecule has 0 saturated carbocycles. The molecule has 3 aliphatic rings. The maximum atomic E-state index is 13.0. The van der Waals surface area contributed by atoms with E-state index in [2.05, 4.69) is 44.8 Å². The summed E-state index contributed by atoms with van der Waals surface area (Å²) in [6.45, 7) is 2.53. The van der Waals surface area contributed by atoms with E-state index in [9.17, 15) is 19.2 Å². The molecule has 2 N–H and O–H groups in total. The second-order valence-electron chi connectivity index (χ2n) is 11.7. The minimum atomic E-state index is -0.676. The Morgan fingerprint density at radius 3 is 2.59 bits per heavy atom. The smallest absolute Gasteiger partial charge is 0.255 e. The zero-order valence-corrected chi connectivity index (χ0v) is 24.2. The standard InChI is InChI=1S/C34H32N6O4/c41-30-10-8-28(33(43)38-30)40-20-25-17-23(5-7-27(25)34(40)44)32(42)37-18-21-12-15-39(16-13-21)29-9-6-24(19-36-29)31-26-4-2-1-3-22(26)11-14-35-31/h1-7,9,11,14,17,19,21,28H,8,10,12-13,15-16,18,20H2,(H,37,42)(H,38,41,43). The van der Waals surface area contributed by atoms with Crippen LogP contribution >= 0.6 is 0 Å². The van der Waals surface area contributed by atoms with Gasteiger partial charge >= 0.3 is 0 Å². The van der Waals surface area contributed by atoms with Crippen LogP contribution in [-0.4, -0.2) is 64.2 Å². The quantitative estimate of drug-likeness (QED) is 0.329. The molecule has 0 aliphatic carbocycles. The second kappa shape index (κ2) is 11.5. The molecule has 2 aromatic heterocycles. The second-order valence-corrected chi connectivity index (χ2v) is 11.7. The average molecular weight is 589 g/mol. The molecule has 5 heterocycles. The van der Waals surface area contributed by atoms with E-state index >= 15 is 0 Å². The van der Waals surface area contributed by atoms with Crippen LogP contribution in [0.5, 0.6) is 0 Å². The number of fused-ring (bicyclic) bond motifs is 2. The van der Waals surface area contributed by atoms with Crippen molar-refractivity contribution in [3.63, 3.8) is 0 Å². The lowest BCUT2D eigenvalue weighted by atomic mass is 9.96. The van der Waals surface area contributed by atoms with Gasteiger partial charge in [0.05, 0.1) is 5.69 Å². The molecule has 0 bridgehead atoms. The predicted molar refractivity (Wildman–Crippen MR) is 165 cm³/mol. The Kier molecular flexibility index (Phi) is 7.25. The van der Waals surface area contributed by atoms with Crippen LogP contribution in [0.4, 0.5) is 5.82 Å². The van der Waals surface area contributed by atoms with Gasteiger partial charge in [-0.3, -0.25) is 29.5 Å². The molecule has 3 aliphatic heterocycles. The first kappa shape index (κ1) is 27.7. The molecule has 4 amide bonds. The molecule has 2 aromatic carbocycles. The lowest BCUT2D eigenvalue weighted by Crippen LogP contribution is -2.52. The summed E-state index contributed by atoms with van der Waals surface area (Å²) in [7, 11) is 0. The minimum Gasteiger partial charge on any atom is -0.357 e. The highest BCUT2D eigenvalue weighted by molar-refractivity contribution is 6.06. The number of nitrogens with zero attached hydrogens (tertiary/aromatic N) is 4. The van der Waals surface area contributed by atoms with Crippen LogP contribution in [0.15, 0.2) is 73.1 Å². The fraction of sp³-hybridized carbons (Fsp3) is 0.294. The Morgan fingerprint density at radius 2 is 1.80 bits per heavy atom. The molecule has 222 valence electrons. The van der Waals surface area contributed by atoms with Crippen LogP contribution < -0.4 is 15.5 Å². The number of hydrogen-bond donors (Lipinski definition) is 2. The number of piperidine rings is 2. The number of rotatable bonds is 6. The van der Waals surface area contributed by atoms with Crippen molar-refractivity contribution in [2.75, 3.05) is 24.5 Å². The summed E-state index contributed by atoms with van der Waals surface area (Å²) in [4.78, 5) is 62.9. The molecule has 44 heavy (non-hydrogen) atoms. The molecular formula is C34H32N6O4. The first-order valence-electron chi connectivity index (χ1n) is 15.1. The van der Waals surface area contributed by atoms with Gasteiger partial charge in [0.1, 0.15) is 11.9 Å². The first-order chi connectivity index (χ1) is 21.4. The Morgan fingerprint density at radius 1 is 0.955 bits per heavy atom. The van der Waals surface area contributed by atoms with Crippen LogP contribution in [0.1, 0.15) is 52.0 Å². The number of benzene rings is 2. The van der Waals surface area contributed by atoms with Crippen molar-refractivity contribution in [3.8, 4) is 11.3 Å². The summed E-state index contributed by atoms with van der Waals surface area (Å²) in [6, 6.07) is 18.7. The number of carbonyl (C=O) groups is 4. The Hall–Kier alpha value is -5.12. The maximum absolute atomic E-state index is 13.0. The van der Waals surface area contributed by atoms with Crippen molar-refractivity contribution in [1.29, 1.82) is 0 Å². The number of amides is 4. The Labute approximate surface area is 254 Å². The number of aromatic nitrogens is 2. The molecule has 10 nitrogen and oxygen atoms in total. The third kappa shape index (κ3) is 5.27. The molecule has 1 atom stereocenters. The third-order valence-electron chi connectivity index (χ3n) is 8.97. The van der Waals surface area contributed by atoms with Crippen LogP contribution in [0.2, 0.25) is 0 Å². The highest BCUT2D eigenvalue weighted by atomic mass is 16.2. The first-order valence-corrected chi connectivity index (χ1v) is 15.1. The largest absolute Gasteiger partial charge is 0.357 e. The predicted octanol–water partition coefficient (Wildman–Crippen LogP) is 3.70. The lowest BCUT2D eigenvalue weighted by molar-refractivity contribution is -0.136. The van der Waals surface area contributed by atoms with Gasteiger partial charge in [0.25, 0.3) is 11.8 Å². The van der Waals surface area contributed by atoms with Gasteiger partial charge in [0, 0.05) is 67.1 Å². The van der Waals surface area contributed by atoms with Crippen molar-refractivity contribution in [2.24, 2.45) is 5.92 Å². The summed E-state index contributed by atoms with van der Waals surface area (Å²) in [5.74, 6) is 0.103. The van der Waals surface area contributed by atoms with E-state index in [1.54, 1.807) is 18.2 Å². The van der Waals surface area contributed by atoms with Gasteiger partial charge in [-0.25, -0.2) is 4.98 Å². The van der Waals surface area contributed by atoms with E-state index < -0.39 is 11.9 Å². The fourth-order valence-corrected chi connectivity index (χ4v) is 6.48. The van der Waals surface area contributed by atoms with Gasteiger partial charge in [0.2, 0.25) is 11.8 Å². The van der Waals surface area contributed by atoms with Crippen molar-refractivity contribution >= 4 is 40.2 Å². The summed E-state index contributed by atoms with van der Waals surface area (Å²) in [5.41, 5.74) is 3.62. The lowest BCUT2D eigenvalue weighted by Gasteiger charge is -2.33. The maximum Gasteiger partial charge on any atom is 0.255 e. The number of imide groups is 1. The van der Waals surface area contributed by atoms with Crippen LogP contribution in [0.25, 0.3) is 22.0 Å². The zero-order valence-electron chi connectivity index (χ0n) is 24.2. The van der Waals surface area contributed by atoms with Gasteiger partial charge in [-0.15, -0.1) is 0 Å². The molecular weight excluding hydrogens is 556 g/mol.